The molecule has 53 heavy (non-hydrogen) atoms. The Morgan fingerprint density at radius 1 is 0.925 bits per heavy atom. The van der Waals surface area contributed by atoms with Crippen molar-refractivity contribution in [2.24, 2.45) is 17.8 Å². The van der Waals surface area contributed by atoms with Crippen molar-refractivity contribution in [3.63, 3.8) is 0 Å². The van der Waals surface area contributed by atoms with Crippen molar-refractivity contribution in [3.8, 4) is 5.88 Å². The number of nitrogens with two attached hydrogens (primary N) is 1. The predicted octanol–water partition coefficient (Wildman–Crippen LogP) is 4.15. The number of esters is 2. The molecule has 1 aliphatic heterocycles. The first kappa shape index (κ1) is 39.8. The van der Waals surface area contributed by atoms with E-state index >= 15 is 0 Å². The molecule has 1 aliphatic rings. The van der Waals surface area contributed by atoms with Gasteiger partial charge in [0.1, 0.15) is 37.6 Å². The standard InChI is InChI=1S/C36H48N7O9P/c1-21(2)27(34(45)49-17-24-13-9-7-10-14-24)41-53(47,42-28(22(3)4)35(46)50-18-25-15-11-8-12-16-25)51-19-26-30(44)23(5)33(52-26)43-20-38-29-31(43)39-36(37)40-32(29)48-6/h7-16,20-23,26-28,30,33,44H,17-19H2,1-6H3,(H2,37,39,40)(H2,41,42,47)/t23-,26+,27-,28-,30-,33+/m0/s1. The van der Waals surface area contributed by atoms with Crippen LogP contribution in [0.2, 0.25) is 0 Å². The van der Waals surface area contributed by atoms with Crippen molar-refractivity contribution in [1.29, 1.82) is 0 Å². The minimum atomic E-state index is -4.34. The van der Waals surface area contributed by atoms with Gasteiger partial charge < -0.3 is 34.3 Å². The summed E-state index contributed by atoms with van der Waals surface area (Å²) in [5.41, 5.74) is 8.14. The number of fused-ring (bicyclic) bond motifs is 1. The van der Waals surface area contributed by atoms with Crippen LogP contribution in [0.25, 0.3) is 11.2 Å². The monoisotopic (exact) mass is 753 g/mol. The molecule has 5 N–H and O–H groups in total. The maximum absolute atomic E-state index is 14.9. The van der Waals surface area contributed by atoms with Crippen LogP contribution in [0.1, 0.15) is 52.0 Å². The van der Waals surface area contributed by atoms with E-state index in [0.29, 0.717) is 11.2 Å². The first-order valence-corrected chi connectivity index (χ1v) is 19.0. The van der Waals surface area contributed by atoms with Gasteiger partial charge in [0.05, 0.1) is 26.1 Å². The van der Waals surface area contributed by atoms with Crippen molar-refractivity contribution in [2.75, 3.05) is 19.5 Å². The van der Waals surface area contributed by atoms with E-state index in [4.69, 9.17) is 29.2 Å². The first-order valence-electron chi connectivity index (χ1n) is 17.4. The lowest BCUT2D eigenvalue weighted by atomic mass is 10.0. The summed E-state index contributed by atoms with van der Waals surface area (Å²) < 4.78 is 45.4. The number of carbonyl (C=O) groups excluding carboxylic acids is 2. The summed E-state index contributed by atoms with van der Waals surface area (Å²) in [7, 11) is -2.90. The van der Waals surface area contributed by atoms with Gasteiger partial charge in [-0.1, -0.05) is 95.3 Å². The number of hydrogen-bond donors (Lipinski definition) is 4. The largest absolute Gasteiger partial charge is 0.479 e. The zero-order valence-electron chi connectivity index (χ0n) is 30.6. The smallest absolute Gasteiger partial charge is 0.342 e. The van der Waals surface area contributed by atoms with E-state index in [1.165, 1.54) is 13.4 Å². The average Bonchev–Trinajstić information content (AvgIpc) is 3.69. The number of aliphatic hydroxyl groups excluding tert-OH is 1. The van der Waals surface area contributed by atoms with Gasteiger partial charge in [-0.2, -0.15) is 9.97 Å². The summed E-state index contributed by atoms with van der Waals surface area (Å²) in [5, 5.41) is 17.0. The van der Waals surface area contributed by atoms with Crippen molar-refractivity contribution in [1.82, 2.24) is 29.7 Å². The van der Waals surface area contributed by atoms with Crippen molar-refractivity contribution < 1.29 is 42.7 Å². The maximum Gasteiger partial charge on any atom is 0.342 e. The number of hydrogen-bond acceptors (Lipinski definition) is 13. The van der Waals surface area contributed by atoms with Gasteiger partial charge in [-0.15, -0.1) is 0 Å². The molecule has 1 fully saturated rings. The van der Waals surface area contributed by atoms with E-state index in [1.54, 1.807) is 39.2 Å². The second kappa shape index (κ2) is 17.6. The lowest BCUT2D eigenvalue weighted by Gasteiger charge is -2.31. The van der Waals surface area contributed by atoms with Crippen LogP contribution in [0, 0.1) is 17.8 Å². The summed E-state index contributed by atoms with van der Waals surface area (Å²) in [5.74, 6) is -2.55. The third-order valence-electron chi connectivity index (χ3n) is 8.89. The number of nitrogen functional groups attached to an aromatic ring is 1. The Labute approximate surface area is 308 Å². The van der Waals surface area contributed by atoms with Gasteiger partial charge >= 0.3 is 19.6 Å². The van der Waals surface area contributed by atoms with E-state index < -0.39 is 74.5 Å². The van der Waals surface area contributed by atoms with E-state index in [1.807, 2.05) is 60.7 Å². The van der Waals surface area contributed by atoms with Crippen LogP contribution in [0.4, 0.5) is 5.95 Å². The number of anilines is 1. The topological polar surface area (TPSA) is 211 Å². The number of aromatic nitrogens is 4. The normalized spacial score (nSPS) is 20.1. The molecular weight excluding hydrogens is 705 g/mol. The van der Waals surface area contributed by atoms with Gasteiger partial charge in [-0.3, -0.25) is 18.7 Å². The number of ether oxygens (including phenoxy) is 4. The summed E-state index contributed by atoms with van der Waals surface area (Å²) >= 11 is 0. The Bertz CT molecular complexity index is 1810. The quantitative estimate of drug-likeness (QED) is 0.0881. The molecule has 0 spiro atoms. The number of benzene rings is 2. The third-order valence-corrected chi connectivity index (χ3v) is 10.6. The van der Waals surface area contributed by atoms with Crippen molar-refractivity contribution >= 4 is 36.7 Å². The minimum absolute atomic E-state index is 0.00362. The summed E-state index contributed by atoms with van der Waals surface area (Å²) in [6, 6.07) is 16.1. The second-order valence-electron chi connectivity index (χ2n) is 13.6. The number of imidazole rings is 1. The number of aliphatic hydroxyl groups is 1. The molecule has 0 bridgehead atoms. The molecule has 4 aromatic rings. The van der Waals surface area contributed by atoms with Crippen molar-refractivity contribution in [2.45, 2.75) is 78.4 Å². The number of rotatable bonds is 17. The SMILES string of the molecule is COc1nc(N)nc2c1ncn2[C@@H]1O[C@H](COP(=O)(N[C@H](C(=O)OCc2ccccc2)C(C)C)N[C@H](C(=O)OCc2ccccc2)C(C)C)[C@@H](O)[C@@H]1C. The molecule has 5 rings (SSSR count). The van der Waals surface area contributed by atoms with Crippen LogP contribution in [0.15, 0.2) is 67.0 Å². The molecule has 2 aromatic carbocycles. The molecule has 0 aliphatic carbocycles. The highest BCUT2D eigenvalue weighted by molar-refractivity contribution is 7.54. The zero-order valence-corrected chi connectivity index (χ0v) is 31.5. The highest BCUT2D eigenvalue weighted by Crippen LogP contribution is 2.44. The highest BCUT2D eigenvalue weighted by Gasteiger charge is 2.45. The minimum Gasteiger partial charge on any atom is -0.479 e. The summed E-state index contributed by atoms with van der Waals surface area (Å²) in [4.78, 5) is 39.7. The molecule has 0 amide bonds. The van der Waals surface area contributed by atoms with Crippen LogP contribution in [0.3, 0.4) is 0 Å². The molecule has 6 atom stereocenters. The second-order valence-corrected chi connectivity index (χ2v) is 15.4. The Hall–Kier alpha value is -4.44. The van der Waals surface area contributed by atoms with Crippen LogP contribution >= 0.6 is 7.67 Å². The van der Waals surface area contributed by atoms with Crippen LogP contribution in [-0.4, -0.2) is 74.6 Å². The molecule has 17 heteroatoms. The van der Waals surface area contributed by atoms with Crippen molar-refractivity contribution in [3.05, 3.63) is 78.1 Å². The molecule has 0 saturated carbocycles. The predicted molar refractivity (Wildman–Crippen MR) is 195 cm³/mol. The number of methoxy groups -OCH3 is 1. The van der Waals surface area contributed by atoms with Gasteiger partial charge in [0, 0.05) is 5.92 Å². The van der Waals surface area contributed by atoms with Crippen LogP contribution in [0.5, 0.6) is 5.88 Å². The Balaban J connectivity index is 1.37. The third kappa shape index (κ3) is 9.76. The van der Waals surface area contributed by atoms with E-state index in [0.717, 1.165) is 11.1 Å². The van der Waals surface area contributed by atoms with Crippen LogP contribution in [-0.2, 0) is 46.1 Å². The molecule has 3 heterocycles. The van der Waals surface area contributed by atoms with Gasteiger partial charge in [0.2, 0.25) is 11.8 Å². The fourth-order valence-corrected chi connectivity index (χ4v) is 7.94. The lowest BCUT2D eigenvalue weighted by molar-refractivity contribution is -0.148. The van der Waals surface area contributed by atoms with Crippen LogP contribution < -0.4 is 20.6 Å². The fraction of sp³-hybridized carbons (Fsp3) is 0.472. The van der Waals surface area contributed by atoms with Gasteiger partial charge in [0.25, 0.3) is 0 Å². The van der Waals surface area contributed by atoms with E-state index in [9.17, 15) is 19.3 Å². The molecular formula is C36H48N7O9P. The number of nitrogens with zero attached hydrogens (tertiary/aromatic N) is 4. The molecule has 0 unspecified atom stereocenters. The van der Waals surface area contributed by atoms with E-state index in [2.05, 4.69) is 25.1 Å². The van der Waals surface area contributed by atoms with E-state index in [-0.39, 0.29) is 25.0 Å². The maximum atomic E-state index is 14.9. The van der Waals surface area contributed by atoms with Gasteiger partial charge in [-0.25, -0.2) is 15.2 Å². The Morgan fingerprint density at radius 3 is 1.94 bits per heavy atom. The molecule has 1 saturated heterocycles. The molecule has 286 valence electrons. The first-order chi connectivity index (χ1) is 25.3. The fourth-order valence-electron chi connectivity index (χ4n) is 5.82. The Kier molecular flexibility index (Phi) is 13.2. The summed E-state index contributed by atoms with van der Waals surface area (Å²) in [6.07, 6.45) is -1.40. The Morgan fingerprint density at radius 2 is 1.45 bits per heavy atom. The molecule has 2 aromatic heterocycles. The number of carbonyl (C=O) groups is 2. The average molecular weight is 754 g/mol. The zero-order chi connectivity index (χ0) is 38.3. The highest BCUT2D eigenvalue weighted by atomic mass is 31.2. The van der Waals surface area contributed by atoms with Gasteiger partial charge in [0.15, 0.2) is 11.2 Å². The summed E-state index contributed by atoms with van der Waals surface area (Å²) in [6.45, 7) is 8.40. The van der Waals surface area contributed by atoms with Gasteiger partial charge in [-0.05, 0) is 23.0 Å². The lowest BCUT2D eigenvalue weighted by Crippen LogP contribution is -2.48. The molecule has 16 nitrogen and oxygen atoms in total. The molecule has 0 radical (unpaired) electrons. The number of nitrogens with one attached hydrogen (secondary N) is 2.